The molecule has 1 aliphatic carbocycles. The van der Waals surface area contributed by atoms with Crippen LogP contribution in [0.2, 0.25) is 0 Å². The van der Waals surface area contributed by atoms with Crippen LogP contribution in [0.25, 0.3) is 0 Å². The summed E-state index contributed by atoms with van der Waals surface area (Å²) in [5.41, 5.74) is 5.18. The number of carbonyl (C=O) groups is 1. The van der Waals surface area contributed by atoms with Gasteiger partial charge in [0.1, 0.15) is 0 Å². The summed E-state index contributed by atoms with van der Waals surface area (Å²) in [6, 6.07) is 4.71. The summed E-state index contributed by atoms with van der Waals surface area (Å²) in [6.07, 6.45) is 2.27. The molecule has 104 valence electrons. The van der Waals surface area contributed by atoms with Crippen LogP contribution in [0, 0.1) is 20.8 Å². The summed E-state index contributed by atoms with van der Waals surface area (Å²) in [7, 11) is 0. The smallest absolute Gasteiger partial charge is 0.237 e. The van der Waals surface area contributed by atoms with Crippen LogP contribution in [-0.2, 0) is 11.3 Å². The molecule has 1 atom stereocenters. The highest BCUT2D eigenvalue weighted by Gasteiger charge is 2.25. The lowest BCUT2D eigenvalue weighted by Crippen LogP contribution is -2.42. The van der Waals surface area contributed by atoms with E-state index < -0.39 is 0 Å². The van der Waals surface area contributed by atoms with Crippen LogP contribution >= 0.6 is 0 Å². The van der Waals surface area contributed by atoms with Crippen LogP contribution in [-0.4, -0.2) is 18.0 Å². The third-order valence-electron chi connectivity index (χ3n) is 3.87. The molecule has 2 N–H and O–H groups in total. The molecule has 1 saturated carbocycles. The van der Waals surface area contributed by atoms with Crippen molar-refractivity contribution < 1.29 is 4.79 Å². The van der Waals surface area contributed by atoms with Crippen molar-refractivity contribution in [2.75, 3.05) is 0 Å². The zero-order valence-electron chi connectivity index (χ0n) is 12.3. The second-order valence-electron chi connectivity index (χ2n) is 5.75. The number of nitrogens with one attached hydrogen (secondary N) is 2. The van der Waals surface area contributed by atoms with E-state index in [1.807, 2.05) is 6.92 Å². The molecule has 0 bridgehead atoms. The predicted octanol–water partition coefficient (Wildman–Crippen LogP) is 2.37. The molecule has 2 rings (SSSR count). The van der Waals surface area contributed by atoms with Gasteiger partial charge in [-0.15, -0.1) is 0 Å². The number of amides is 1. The third-order valence-corrected chi connectivity index (χ3v) is 3.87. The Balaban J connectivity index is 1.90. The van der Waals surface area contributed by atoms with E-state index in [1.165, 1.54) is 22.3 Å². The van der Waals surface area contributed by atoms with Crippen LogP contribution in [0.1, 0.15) is 42.0 Å². The average Bonchev–Trinajstić information content (AvgIpc) is 3.15. The topological polar surface area (TPSA) is 41.1 Å². The lowest BCUT2D eigenvalue weighted by molar-refractivity contribution is -0.122. The highest BCUT2D eigenvalue weighted by molar-refractivity contribution is 5.81. The van der Waals surface area contributed by atoms with E-state index in [0.29, 0.717) is 6.04 Å². The van der Waals surface area contributed by atoms with Crippen molar-refractivity contribution in [2.45, 2.75) is 59.2 Å². The minimum absolute atomic E-state index is 0.115. The highest BCUT2D eigenvalue weighted by atomic mass is 16.2. The quantitative estimate of drug-likeness (QED) is 0.853. The largest absolute Gasteiger partial charge is 0.352 e. The second kappa shape index (κ2) is 5.74. The fraction of sp³-hybridized carbons (Fsp3) is 0.562. The first-order valence-electron chi connectivity index (χ1n) is 7.08. The first kappa shape index (κ1) is 14.1. The molecule has 0 aromatic heterocycles. The van der Waals surface area contributed by atoms with Crippen LogP contribution in [0.4, 0.5) is 0 Å². The molecule has 1 aromatic rings. The first-order valence-corrected chi connectivity index (χ1v) is 7.08. The van der Waals surface area contributed by atoms with Gasteiger partial charge in [0.25, 0.3) is 0 Å². The number of rotatable bonds is 5. The summed E-state index contributed by atoms with van der Waals surface area (Å²) >= 11 is 0. The number of hydrogen-bond acceptors (Lipinski definition) is 2. The average molecular weight is 260 g/mol. The molecule has 0 aliphatic heterocycles. The van der Waals surface area contributed by atoms with Gasteiger partial charge in [-0.2, -0.15) is 0 Å². The Labute approximate surface area is 115 Å². The van der Waals surface area contributed by atoms with Gasteiger partial charge in [-0.3, -0.25) is 4.79 Å². The van der Waals surface area contributed by atoms with E-state index in [1.54, 1.807) is 0 Å². The highest BCUT2D eigenvalue weighted by Crippen LogP contribution is 2.19. The Morgan fingerprint density at radius 3 is 2.47 bits per heavy atom. The SMILES string of the molecule is Cc1cc(C)c(CNC(C)C(=O)NC2CC2)cc1C. The molecule has 1 unspecified atom stereocenters. The van der Waals surface area contributed by atoms with Gasteiger partial charge < -0.3 is 10.6 Å². The van der Waals surface area contributed by atoms with Gasteiger partial charge in [-0.25, -0.2) is 0 Å². The van der Waals surface area contributed by atoms with Gasteiger partial charge in [0, 0.05) is 12.6 Å². The second-order valence-corrected chi connectivity index (χ2v) is 5.75. The maximum Gasteiger partial charge on any atom is 0.237 e. The van der Waals surface area contributed by atoms with Crippen molar-refractivity contribution in [3.63, 3.8) is 0 Å². The van der Waals surface area contributed by atoms with Crippen molar-refractivity contribution >= 4 is 5.91 Å². The fourth-order valence-corrected chi connectivity index (χ4v) is 2.12. The van der Waals surface area contributed by atoms with Crippen molar-refractivity contribution in [1.29, 1.82) is 0 Å². The molecule has 0 spiro atoms. The monoisotopic (exact) mass is 260 g/mol. The number of aryl methyl sites for hydroxylation is 3. The number of hydrogen-bond donors (Lipinski definition) is 2. The minimum Gasteiger partial charge on any atom is -0.352 e. The molecule has 0 radical (unpaired) electrons. The molecule has 3 heteroatoms. The van der Waals surface area contributed by atoms with Crippen LogP contribution in [0.15, 0.2) is 12.1 Å². The summed E-state index contributed by atoms with van der Waals surface area (Å²) in [6.45, 7) is 9.05. The van der Waals surface area contributed by atoms with E-state index in [4.69, 9.17) is 0 Å². The van der Waals surface area contributed by atoms with Crippen molar-refractivity contribution in [3.8, 4) is 0 Å². The molecule has 1 fully saturated rings. The maximum absolute atomic E-state index is 11.8. The zero-order chi connectivity index (χ0) is 14.0. The predicted molar refractivity (Wildman–Crippen MR) is 78.1 cm³/mol. The molecule has 0 saturated heterocycles. The van der Waals surface area contributed by atoms with Crippen LogP contribution in [0.3, 0.4) is 0 Å². The molecule has 1 aromatic carbocycles. The van der Waals surface area contributed by atoms with E-state index in [0.717, 1.165) is 19.4 Å². The summed E-state index contributed by atoms with van der Waals surface area (Å²) in [4.78, 5) is 11.8. The lowest BCUT2D eigenvalue weighted by Gasteiger charge is -2.16. The third kappa shape index (κ3) is 3.80. The molecule has 3 nitrogen and oxygen atoms in total. The van der Waals surface area contributed by atoms with Gasteiger partial charge in [-0.1, -0.05) is 12.1 Å². The van der Waals surface area contributed by atoms with Crippen LogP contribution < -0.4 is 10.6 Å². The molecule has 1 aliphatic rings. The van der Waals surface area contributed by atoms with E-state index in [2.05, 4.69) is 43.5 Å². The standard InChI is InChI=1S/C16H24N2O/c1-10-7-12(3)14(8-11(10)2)9-17-13(4)16(19)18-15-5-6-15/h7-8,13,15,17H,5-6,9H2,1-4H3,(H,18,19). The Hall–Kier alpha value is -1.35. The number of carbonyl (C=O) groups excluding carboxylic acids is 1. The molecule has 1 amide bonds. The van der Waals surface area contributed by atoms with Gasteiger partial charge in [0.05, 0.1) is 6.04 Å². The number of benzene rings is 1. The summed E-state index contributed by atoms with van der Waals surface area (Å²) in [5, 5.41) is 6.33. The molecule has 19 heavy (non-hydrogen) atoms. The van der Waals surface area contributed by atoms with Gasteiger partial charge >= 0.3 is 0 Å². The van der Waals surface area contributed by atoms with Gasteiger partial charge in [0.15, 0.2) is 0 Å². The maximum atomic E-state index is 11.8. The zero-order valence-corrected chi connectivity index (χ0v) is 12.3. The van der Waals surface area contributed by atoms with E-state index >= 15 is 0 Å². The fourth-order valence-electron chi connectivity index (χ4n) is 2.12. The Kier molecular flexibility index (Phi) is 4.25. The van der Waals surface area contributed by atoms with Crippen molar-refractivity contribution in [2.24, 2.45) is 0 Å². The van der Waals surface area contributed by atoms with Crippen LogP contribution in [0.5, 0.6) is 0 Å². The van der Waals surface area contributed by atoms with Crippen molar-refractivity contribution in [3.05, 3.63) is 34.4 Å². The van der Waals surface area contributed by atoms with E-state index in [-0.39, 0.29) is 11.9 Å². The Morgan fingerprint density at radius 1 is 1.21 bits per heavy atom. The normalized spacial score (nSPS) is 16.2. The summed E-state index contributed by atoms with van der Waals surface area (Å²) in [5.74, 6) is 0.115. The van der Waals surface area contributed by atoms with E-state index in [9.17, 15) is 4.79 Å². The molecule has 0 heterocycles. The minimum atomic E-state index is -0.137. The molecular weight excluding hydrogens is 236 g/mol. The lowest BCUT2D eigenvalue weighted by atomic mass is 10.0. The molecular formula is C16H24N2O. The van der Waals surface area contributed by atoms with Crippen molar-refractivity contribution in [1.82, 2.24) is 10.6 Å². The Morgan fingerprint density at radius 2 is 1.84 bits per heavy atom. The Bertz CT molecular complexity index is 478. The van der Waals surface area contributed by atoms with Gasteiger partial charge in [-0.05, 0) is 62.8 Å². The summed E-state index contributed by atoms with van der Waals surface area (Å²) < 4.78 is 0. The van der Waals surface area contributed by atoms with Gasteiger partial charge in [0.2, 0.25) is 5.91 Å². The first-order chi connectivity index (χ1) is 8.97.